The molecule has 1 unspecified atom stereocenters. The molecule has 0 spiro atoms. The number of hydrogen-bond donors (Lipinski definition) is 2. The van der Waals surface area contributed by atoms with Gasteiger partial charge in [0.2, 0.25) is 5.91 Å². The van der Waals surface area contributed by atoms with Crippen molar-refractivity contribution in [3.63, 3.8) is 0 Å². The van der Waals surface area contributed by atoms with Gasteiger partial charge in [-0.2, -0.15) is 11.8 Å². The standard InChI is InChI=1S/C15H25N5OS/c21-15(10-12-11-22-9-7-16-12)17-6-5-14-19-18-13-4-2-1-3-8-20(13)14/h12,16H,1-11H2,(H,17,21). The summed E-state index contributed by atoms with van der Waals surface area (Å²) < 4.78 is 2.25. The zero-order valence-electron chi connectivity index (χ0n) is 13.0. The zero-order valence-corrected chi connectivity index (χ0v) is 13.8. The summed E-state index contributed by atoms with van der Waals surface area (Å²) in [6.07, 6.45) is 6.06. The molecule has 1 fully saturated rings. The average molecular weight is 323 g/mol. The number of hydrogen-bond acceptors (Lipinski definition) is 5. The van der Waals surface area contributed by atoms with Crippen molar-refractivity contribution in [3.05, 3.63) is 11.6 Å². The predicted molar refractivity (Wildman–Crippen MR) is 88.0 cm³/mol. The van der Waals surface area contributed by atoms with Crippen molar-refractivity contribution >= 4 is 17.7 Å². The van der Waals surface area contributed by atoms with Crippen molar-refractivity contribution in [2.75, 3.05) is 24.6 Å². The molecule has 0 bridgehead atoms. The van der Waals surface area contributed by atoms with Gasteiger partial charge in [0.25, 0.3) is 0 Å². The van der Waals surface area contributed by atoms with E-state index in [1.165, 1.54) is 19.3 Å². The van der Waals surface area contributed by atoms with Gasteiger partial charge < -0.3 is 15.2 Å². The Kier molecular flexibility index (Phi) is 5.72. The maximum absolute atomic E-state index is 12.0. The Hall–Kier alpha value is -1.08. The summed E-state index contributed by atoms with van der Waals surface area (Å²) in [5.41, 5.74) is 0. The van der Waals surface area contributed by atoms with Crippen LogP contribution in [-0.4, -0.2) is 51.3 Å². The molecule has 2 aliphatic rings. The van der Waals surface area contributed by atoms with E-state index in [-0.39, 0.29) is 5.91 Å². The molecule has 1 atom stereocenters. The summed E-state index contributed by atoms with van der Waals surface area (Å²) in [7, 11) is 0. The van der Waals surface area contributed by atoms with Gasteiger partial charge >= 0.3 is 0 Å². The van der Waals surface area contributed by atoms with Crippen LogP contribution in [0.5, 0.6) is 0 Å². The lowest BCUT2D eigenvalue weighted by Gasteiger charge is -2.22. The van der Waals surface area contributed by atoms with Crippen LogP contribution in [0.3, 0.4) is 0 Å². The minimum atomic E-state index is 0.135. The summed E-state index contributed by atoms with van der Waals surface area (Å²) in [6.45, 7) is 2.68. The van der Waals surface area contributed by atoms with E-state index in [2.05, 4.69) is 25.4 Å². The molecule has 0 radical (unpaired) electrons. The number of fused-ring (bicyclic) bond motifs is 1. The van der Waals surface area contributed by atoms with Crippen molar-refractivity contribution in [1.29, 1.82) is 0 Å². The van der Waals surface area contributed by atoms with Crippen LogP contribution < -0.4 is 10.6 Å². The number of carbonyl (C=O) groups excluding carboxylic acids is 1. The first-order valence-corrected chi connectivity index (χ1v) is 9.47. The summed E-state index contributed by atoms with van der Waals surface area (Å²) in [4.78, 5) is 12.0. The Morgan fingerprint density at radius 3 is 3.18 bits per heavy atom. The highest BCUT2D eigenvalue weighted by atomic mass is 32.2. The third-order valence-electron chi connectivity index (χ3n) is 4.29. The van der Waals surface area contributed by atoms with Gasteiger partial charge in [0.1, 0.15) is 11.6 Å². The highest BCUT2D eigenvalue weighted by Gasteiger charge is 2.17. The number of thioether (sulfide) groups is 1. The number of aryl methyl sites for hydroxylation is 1. The van der Waals surface area contributed by atoms with E-state index in [1.807, 2.05) is 11.8 Å². The summed E-state index contributed by atoms with van der Waals surface area (Å²) in [5, 5.41) is 15.0. The lowest BCUT2D eigenvalue weighted by Crippen LogP contribution is -2.41. The third kappa shape index (κ3) is 4.23. The van der Waals surface area contributed by atoms with Gasteiger partial charge in [0, 0.05) is 56.4 Å². The Bertz CT molecular complexity index is 498. The molecule has 122 valence electrons. The number of amides is 1. The SMILES string of the molecule is O=C(CC1CSCCN1)NCCc1nnc2n1CCCCC2. The molecular weight excluding hydrogens is 298 g/mol. The van der Waals surface area contributed by atoms with E-state index >= 15 is 0 Å². The molecule has 3 heterocycles. The Morgan fingerprint density at radius 1 is 1.36 bits per heavy atom. The third-order valence-corrected chi connectivity index (χ3v) is 5.42. The highest BCUT2D eigenvalue weighted by Crippen LogP contribution is 2.14. The summed E-state index contributed by atoms with van der Waals surface area (Å²) in [5.74, 6) is 4.45. The van der Waals surface area contributed by atoms with Crippen LogP contribution in [0.4, 0.5) is 0 Å². The molecule has 2 N–H and O–H groups in total. The topological polar surface area (TPSA) is 71.8 Å². The number of aromatic nitrogens is 3. The molecule has 1 aromatic rings. The number of carbonyl (C=O) groups is 1. The van der Waals surface area contributed by atoms with Crippen molar-refractivity contribution in [2.45, 2.75) is 51.1 Å². The molecule has 3 rings (SSSR count). The fraction of sp³-hybridized carbons (Fsp3) is 0.800. The van der Waals surface area contributed by atoms with Crippen LogP contribution >= 0.6 is 11.8 Å². The van der Waals surface area contributed by atoms with Gasteiger partial charge in [0.05, 0.1) is 0 Å². The fourth-order valence-corrected chi connectivity index (χ4v) is 4.04. The van der Waals surface area contributed by atoms with E-state index in [9.17, 15) is 4.79 Å². The molecule has 1 saturated heterocycles. The lowest BCUT2D eigenvalue weighted by atomic mass is 10.2. The maximum Gasteiger partial charge on any atom is 0.221 e. The normalized spacial score (nSPS) is 21.9. The molecule has 0 aromatic carbocycles. The number of nitrogens with one attached hydrogen (secondary N) is 2. The Balaban J connectivity index is 1.43. The first-order valence-electron chi connectivity index (χ1n) is 8.32. The molecule has 22 heavy (non-hydrogen) atoms. The highest BCUT2D eigenvalue weighted by molar-refractivity contribution is 7.99. The van der Waals surface area contributed by atoms with Gasteiger partial charge in [0.15, 0.2) is 0 Å². The maximum atomic E-state index is 12.0. The smallest absolute Gasteiger partial charge is 0.221 e. The Labute approximate surface area is 135 Å². The quantitative estimate of drug-likeness (QED) is 0.837. The number of rotatable bonds is 5. The number of nitrogens with zero attached hydrogens (tertiary/aromatic N) is 3. The average Bonchev–Trinajstić information content (AvgIpc) is 2.76. The molecule has 1 aromatic heterocycles. The van der Waals surface area contributed by atoms with Crippen molar-refractivity contribution in [3.8, 4) is 0 Å². The van der Waals surface area contributed by atoms with Gasteiger partial charge in [-0.1, -0.05) is 6.42 Å². The minimum absolute atomic E-state index is 0.135. The largest absolute Gasteiger partial charge is 0.356 e. The molecule has 0 aliphatic carbocycles. The first kappa shape index (κ1) is 15.8. The van der Waals surface area contributed by atoms with E-state index in [0.29, 0.717) is 19.0 Å². The van der Waals surface area contributed by atoms with Crippen LogP contribution in [0.1, 0.15) is 37.3 Å². The molecule has 7 heteroatoms. The second-order valence-electron chi connectivity index (χ2n) is 6.02. The fourth-order valence-electron chi connectivity index (χ4n) is 3.09. The van der Waals surface area contributed by atoms with Crippen LogP contribution in [0, 0.1) is 0 Å². The van der Waals surface area contributed by atoms with Crippen LogP contribution in [-0.2, 0) is 24.2 Å². The lowest BCUT2D eigenvalue weighted by molar-refractivity contribution is -0.121. The summed E-state index contributed by atoms with van der Waals surface area (Å²) in [6, 6.07) is 0.322. The monoisotopic (exact) mass is 323 g/mol. The van der Waals surface area contributed by atoms with E-state index in [0.717, 1.165) is 49.1 Å². The van der Waals surface area contributed by atoms with Gasteiger partial charge in [-0.15, -0.1) is 10.2 Å². The molecule has 2 aliphatic heterocycles. The van der Waals surface area contributed by atoms with E-state index in [4.69, 9.17) is 0 Å². The van der Waals surface area contributed by atoms with E-state index in [1.54, 1.807) is 0 Å². The van der Waals surface area contributed by atoms with E-state index < -0.39 is 0 Å². The predicted octanol–water partition coefficient (Wildman–Crippen LogP) is 0.758. The first-order chi connectivity index (χ1) is 10.8. The van der Waals surface area contributed by atoms with Crippen molar-refractivity contribution in [1.82, 2.24) is 25.4 Å². The molecule has 6 nitrogen and oxygen atoms in total. The second-order valence-corrected chi connectivity index (χ2v) is 7.17. The minimum Gasteiger partial charge on any atom is -0.356 e. The Morgan fingerprint density at radius 2 is 2.32 bits per heavy atom. The van der Waals surface area contributed by atoms with Crippen molar-refractivity contribution in [2.24, 2.45) is 0 Å². The van der Waals surface area contributed by atoms with Crippen LogP contribution in [0.25, 0.3) is 0 Å². The molecular formula is C15H25N5OS. The van der Waals surface area contributed by atoms with Gasteiger partial charge in [-0.05, 0) is 12.8 Å². The zero-order chi connectivity index (χ0) is 15.2. The summed E-state index contributed by atoms with van der Waals surface area (Å²) >= 11 is 1.92. The van der Waals surface area contributed by atoms with Crippen LogP contribution in [0.15, 0.2) is 0 Å². The van der Waals surface area contributed by atoms with Gasteiger partial charge in [-0.3, -0.25) is 4.79 Å². The second kappa shape index (κ2) is 7.97. The van der Waals surface area contributed by atoms with Gasteiger partial charge in [-0.25, -0.2) is 0 Å². The molecule has 0 saturated carbocycles. The van der Waals surface area contributed by atoms with Crippen LogP contribution in [0.2, 0.25) is 0 Å². The van der Waals surface area contributed by atoms with Crippen molar-refractivity contribution < 1.29 is 4.79 Å². The molecule has 1 amide bonds.